The fourth-order valence-electron chi connectivity index (χ4n) is 9.26. The van der Waals surface area contributed by atoms with Crippen molar-refractivity contribution in [3.8, 4) is 0 Å². The van der Waals surface area contributed by atoms with Gasteiger partial charge in [-0.15, -0.1) is 0 Å². The van der Waals surface area contributed by atoms with Gasteiger partial charge in [-0.3, -0.25) is 9.59 Å². The van der Waals surface area contributed by atoms with Crippen LogP contribution in [0, 0.1) is 39.4 Å². The molecular formula is C30H46O3. The van der Waals surface area contributed by atoms with Crippen LogP contribution in [0.4, 0.5) is 0 Å². The zero-order valence-electron chi connectivity index (χ0n) is 22.1. The first kappa shape index (κ1) is 24.9. The molecule has 0 aliphatic heterocycles. The van der Waals surface area contributed by atoms with Crippen molar-refractivity contribution >= 4 is 12.1 Å². The van der Waals surface area contributed by atoms with Crippen molar-refractivity contribution in [2.75, 3.05) is 0 Å². The second kappa shape index (κ2) is 8.18. The van der Waals surface area contributed by atoms with Crippen molar-refractivity contribution in [3.63, 3.8) is 0 Å². The summed E-state index contributed by atoms with van der Waals surface area (Å²) in [6, 6.07) is 0. The predicted molar refractivity (Wildman–Crippen MR) is 134 cm³/mol. The number of hydrogen-bond donors (Lipinski definition) is 1. The fraction of sp³-hybridized carbons (Fsp3) is 0.800. The molecule has 0 radical (unpaired) electrons. The number of hydrogen-bond acceptors (Lipinski definition) is 3. The summed E-state index contributed by atoms with van der Waals surface area (Å²) < 4.78 is 0. The monoisotopic (exact) mass is 454 g/mol. The van der Waals surface area contributed by atoms with Crippen molar-refractivity contribution in [2.24, 2.45) is 39.4 Å². The van der Waals surface area contributed by atoms with Gasteiger partial charge in [0.2, 0.25) is 0 Å². The minimum Gasteiger partial charge on any atom is -0.393 e. The molecule has 0 amide bonds. The highest BCUT2D eigenvalue weighted by Crippen LogP contribution is 2.71. The molecule has 4 aliphatic carbocycles. The van der Waals surface area contributed by atoms with Gasteiger partial charge in [0.25, 0.3) is 0 Å². The van der Waals surface area contributed by atoms with E-state index >= 15 is 0 Å². The second-order valence-electron chi connectivity index (χ2n) is 13.4. The van der Waals surface area contributed by atoms with Gasteiger partial charge < -0.3 is 5.11 Å². The number of Topliss-reactive ketones (excluding diaryl/α,β-unsaturated/α-hetero) is 1. The molecule has 3 heteroatoms. The molecule has 4 aliphatic rings. The van der Waals surface area contributed by atoms with Crippen LogP contribution in [0.5, 0.6) is 0 Å². The normalized spacial score (nSPS) is 43.6. The van der Waals surface area contributed by atoms with E-state index in [0.29, 0.717) is 30.0 Å². The Morgan fingerprint density at radius 1 is 1.12 bits per heavy atom. The van der Waals surface area contributed by atoms with Crippen LogP contribution in [-0.2, 0) is 9.59 Å². The average molecular weight is 455 g/mol. The third-order valence-electron chi connectivity index (χ3n) is 11.5. The van der Waals surface area contributed by atoms with E-state index in [2.05, 4.69) is 47.6 Å². The number of carbonyl (C=O) groups is 2. The van der Waals surface area contributed by atoms with E-state index in [9.17, 15) is 14.7 Å². The number of allylic oxidation sites excluding steroid dienone is 4. The van der Waals surface area contributed by atoms with Gasteiger partial charge >= 0.3 is 0 Å². The molecule has 1 N–H and O–H groups in total. The van der Waals surface area contributed by atoms with Gasteiger partial charge in [0.15, 0.2) is 5.78 Å². The highest BCUT2D eigenvalue weighted by atomic mass is 16.3. The molecule has 0 aromatic carbocycles. The Morgan fingerprint density at radius 3 is 2.48 bits per heavy atom. The summed E-state index contributed by atoms with van der Waals surface area (Å²) in [5.41, 5.74) is 3.34. The van der Waals surface area contributed by atoms with Crippen molar-refractivity contribution in [2.45, 2.75) is 112 Å². The Hall–Kier alpha value is -1.22. The first-order valence-electron chi connectivity index (χ1n) is 13.4. The first-order valence-corrected chi connectivity index (χ1v) is 13.4. The standard InChI is InChI=1S/C30H46O3/c1-19(18-31)9-8-10-20(2)21-13-16-29(6)22-11-12-24-27(3,4)25(33)14-15-28(24,5)26(22)23(32)17-30(21,29)7/h9,18,20-21,24-25,33H,8,10-17H2,1-7H3/b19-9-. The molecule has 3 nitrogen and oxygen atoms in total. The lowest BCUT2D eigenvalue weighted by Crippen LogP contribution is -2.57. The molecule has 7 atom stereocenters. The largest absolute Gasteiger partial charge is 0.393 e. The van der Waals surface area contributed by atoms with Gasteiger partial charge in [-0.05, 0) is 103 Å². The third kappa shape index (κ3) is 3.46. The number of aliphatic hydroxyl groups is 1. The second-order valence-corrected chi connectivity index (χ2v) is 13.4. The van der Waals surface area contributed by atoms with E-state index in [-0.39, 0.29) is 27.8 Å². The van der Waals surface area contributed by atoms with E-state index in [1.807, 2.05) is 6.92 Å². The van der Waals surface area contributed by atoms with E-state index in [4.69, 9.17) is 0 Å². The molecule has 0 heterocycles. The molecule has 2 saturated carbocycles. The van der Waals surface area contributed by atoms with E-state index < -0.39 is 0 Å². The van der Waals surface area contributed by atoms with Gasteiger partial charge in [0, 0.05) is 12.0 Å². The quantitative estimate of drug-likeness (QED) is 0.365. The van der Waals surface area contributed by atoms with Crippen LogP contribution in [0.15, 0.2) is 22.8 Å². The van der Waals surface area contributed by atoms with Gasteiger partial charge in [0.1, 0.15) is 6.29 Å². The molecule has 0 spiro atoms. The summed E-state index contributed by atoms with van der Waals surface area (Å²) in [6.45, 7) is 15.9. The molecule has 0 aromatic rings. The Kier molecular flexibility index (Phi) is 6.17. The Morgan fingerprint density at radius 2 is 1.82 bits per heavy atom. The Labute approximate surface area is 201 Å². The summed E-state index contributed by atoms with van der Waals surface area (Å²) in [5.74, 6) is 1.85. The van der Waals surface area contributed by atoms with Crippen LogP contribution in [0.2, 0.25) is 0 Å². The van der Waals surface area contributed by atoms with Crippen molar-refractivity contribution in [1.29, 1.82) is 0 Å². The molecular weight excluding hydrogens is 408 g/mol. The minimum absolute atomic E-state index is 0.0125. The Bertz CT molecular complexity index is 894. The number of carbonyl (C=O) groups excluding carboxylic acids is 2. The summed E-state index contributed by atoms with van der Waals surface area (Å²) in [6.07, 6.45) is 11.6. The van der Waals surface area contributed by atoms with Crippen LogP contribution in [0.1, 0.15) is 106 Å². The SMILES string of the molecule is C/C(C=O)=C/CCC(C)C1CCC2(C)C3=C(C(=O)CC12C)C1(C)CCC(O)C(C)(C)C1CC3. The number of rotatable bonds is 5. The highest BCUT2D eigenvalue weighted by molar-refractivity contribution is 6.00. The topological polar surface area (TPSA) is 54.4 Å². The number of aldehydes is 1. The fourth-order valence-corrected chi connectivity index (χ4v) is 9.26. The molecule has 7 unspecified atom stereocenters. The lowest BCUT2D eigenvalue weighted by Gasteiger charge is -2.61. The zero-order valence-corrected chi connectivity index (χ0v) is 22.1. The lowest BCUT2D eigenvalue weighted by molar-refractivity contribution is -0.131. The summed E-state index contributed by atoms with van der Waals surface area (Å²) in [5, 5.41) is 10.8. The Balaban J connectivity index is 1.68. The third-order valence-corrected chi connectivity index (χ3v) is 11.5. The van der Waals surface area contributed by atoms with Crippen molar-refractivity contribution < 1.29 is 14.7 Å². The minimum atomic E-state index is -0.272. The molecule has 0 aromatic heterocycles. The van der Waals surface area contributed by atoms with Gasteiger partial charge in [-0.25, -0.2) is 0 Å². The maximum absolute atomic E-state index is 14.0. The maximum Gasteiger partial charge on any atom is 0.159 e. The van der Waals surface area contributed by atoms with Gasteiger partial charge in [-0.2, -0.15) is 0 Å². The predicted octanol–water partition coefficient (Wildman–Crippen LogP) is 6.84. The van der Waals surface area contributed by atoms with Crippen LogP contribution >= 0.6 is 0 Å². The number of fused-ring (bicyclic) bond motifs is 4. The van der Waals surface area contributed by atoms with Crippen molar-refractivity contribution in [1.82, 2.24) is 0 Å². The molecule has 2 fully saturated rings. The summed E-state index contributed by atoms with van der Waals surface area (Å²) in [4.78, 5) is 25.0. The molecule has 0 bridgehead atoms. The van der Waals surface area contributed by atoms with Gasteiger partial charge in [0.05, 0.1) is 6.10 Å². The number of aliphatic hydroxyl groups excluding tert-OH is 1. The summed E-state index contributed by atoms with van der Waals surface area (Å²) >= 11 is 0. The molecule has 33 heavy (non-hydrogen) atoms. The maximum atomic E-state index is 14.0. The smallest absolute Gasteiger partial charge is 0.159 e. The molecule has 0 saturated heterocycles. The molecule has 184 valence electrons. The molecule has 4 rings (SSSR count). The average Bonchev–Trinajstić information content (AvgIpc) is 3.02. The van der Waals surface area contributed by atoms with Crippen molar-refractivity contribution in [3.05, 3.63) is 22.8 Å². The number of ketones is 1. The van der Waals surface area contributed by atoms with E-state index in [0.717, 1.165) is 50.4 Å². The highest BCUT2D eigenvalue weighted by Gasteiger charge is 2.65. The van der Waals surface area contributed by atoms with Crippen LogP contribution in [0.3, 0.4) is 0 Å². The van der Waals surface area contributed by atoms with Crippen LogP contribution < -0.4 is 0 Å². The lowest BCUT2D eigenvalue weighted by atomic mass is 9.43. The van der Waals surface area contributed by atoms with E-state index in [1.165, 1.54) is 24.0 Å². The zero-order chi connectivity index (χ0) is 24.4. The van der Waals surface area contributed by atoms with Crippen LogP contribution in [0.25, 0.3) is 0 Å². The summed E-state index contributed by atoms with van der Waals surface area (Å²) in [7, 11) is 0. The van der Waals surface area contributed by atoms with Gasteiger partial charge in [-0.1, -0.05) is 53.2 Å². The first-order chi connectivity index (χ1) is 15.3. The van der Waals surface area contributed by atoms with E-state index in [1.54, 1.807) is 0 Å². The van der Waals surface area contributed by atoms with Crippen LogP contribution in [-0.4, -0.2) is 23.3 Å².